The van der Waals surface area contributed by atoms with Crippen molar-refractivity contribution in [3.05, 3.63) is 11.6 Å². The summed E-state index contributed by atoms with van der Waals surface area (Å²) in [5, 5.41) is 0. The molecular weight excluding hydrogens is 108 g/mol. The summed E-state index contributed by atoms with van der Waals surface area (Å²) in [5.41, 5.74) is 1.43. The molecular formula is C9H20. The molecule has 0 aliphatic heterocycles. The lowest BCUT2D eigenvalue weighted by Gasteiger charge is -1.96. The van der Waals surface area contributed by atoms with Crippen molar-refractivity contribution in [3.63, 3.8) is 0 Å². The van der Waals surface area contributed by atoms with Crippen LogP contribution in [0.25, 0.3) is 0 Å². The maximum Gasteiger partial charge on any atom is -0.0325 e. The van der Waals surface area contributed by atoms with Crippen LogP contribution < -0.4 is 0 Å². The molecule has 0 amide bonds. The zero-order valence-corrected chi connectivity index (χ0v) is 6.36. The molecule has 56 valence electrons. The van der Waals surface area contributed by atoms with Gasteiger partial charge in [0.15, 0.2) is 0 Å². The van der Waals surface area contributed by atoms with Crippen molar-refractivity contribution in [3.8, 4) is 0 Å². The van der Waals surface area contributed by atoms with Gasteiger partial charge in [-0.3, -0.25) is 0 Å². The molecule has 0 aromatic heterocycles. The van der Waals surface area contributed by atoms with Crippen LogP contribution in [0.2, 0.25) is 0 Å². The smallest absolute Gasteiger partial charge is 0.0325 e. The Morgan fingerprint density at radius 3 is 1.89 bits per heavy atom. The fraction of sp³-hybridized carbons (Fsp3) is 0.778. The van der Waals surface area contributed by atoms with E-state index in [1.165, 1.54) is 12.0 Å². The molecule has 0 saturated carbocycles. The van der Waals surface area contributed by atoms with Crippen molar-refractivity contribution < 1.29 is 0 Å². The van der Waals surface area contributed by atoms with Crippen LogP contribution in [-0.4, -0.2) is 0 Å². The lowest BCUT2D eigenvalue weighted by molar-refractivity contribution is 0.661. The van der Waals surface area contributed by atoms with Gasteiger partial charge in [-0.2, -0.15) is 0 Å². The highest BCUT2D eigenvalue weighted by molar-refractivity contribution is 4.92. The van der Waals surface area contributed by atoms with E-state index in [4.69, 9.17) is 0 Å². The topological polar surface area (TPSA) is 0 Å². The first-order valence-electron chi connectivity index (χ1n) is 3.26. The third-order valence-corrected chi connectivity index (χ3v) is 0.998. The van der Waals surface area contributed by atoms with Crippen LogP contribution in [0.5, 0.6) is 0 Å². The summed E-state index contributed by atoms with van der Waals surface area (Å²) in [6, 6.07) is 0. The molecule has 0 bridgehead atoms. The van der Waals surface area contributed by atoms with Gasteiger partial charge in [0.05, 0.1) is 0 Å². The van der Waals surface area contributed by atoms with Gasteiger partial charge < -0.3 is 0 Å². The SMILES string of the molecule is C.CC(C)=CCC(C)C. The summed E-state index contributed by atoms with van der Waals surface area (Å²) in [7, 11) is 0. The molecule has 0 fully saturated rings. The van der Waals surface area contributed by atoms with Crippen molar-refractivity contribution in [2.75, 3.05) is 0 Å². The molecule has 0 aromatic carbocycles. The third-order valence-electron chi connectivity index (χ3n) is 0.998. The molecule has 0 unspecified atom stereocenters. The van der Waals surface area contributed by atoms with E-state index in [1.54, 1.807) is 0 Å². The first-order valence-corrected chi connectivity index (χ1v) is 3.26. The monoisotopic (exact) mass is 128 g/mol. The second-order valence-electron chi connectivity index (χ2n) is 2.91. The second-order valence-corrected chi connectivity index (χ2v) is 2.91. The van der Waals surface area contributed by atoms with E-state index >= 15 is 0 Å². The number of hydrogen-bond donors (Lipinski definition) is 0. The first-order chi connectivity index (χ1) is 3.63. The Morgan fingerprint density at radius 1 is 1.33 bits per heavy atom. The minimum atomic E-state index is 0. The summed E-state index contributed by atoms with van der Waals surface area (Å²) in [5.74, 6) is 0.810. The van der Waals surface area contributed by atoms with Crippen LogP contribution in [0.1, 0.15) is 41.5 Å². The Labute approximate surface area is 60.0 Å². The van der Waals surface area contributed by atoms with Crippen molar-refractivity contribution in [2.24, 2.45) is 5.92 Å². The van der Waals surface area contributed by atoms with E-state index in [1.807, 2.05) is 0 Å². The highest BCUT2D eigenvalue weighted by atomic mass is 13.9. The normalized spacial score (nSPS) is 8.56. The Kier molecular flexibility index (Phi) is 7.52. The van der Waals surface area contributed by atoms with Gasteiger partial charge in [0.2, 0.25) is 0 Å². The largest absolute Gasteiger partial charge is 0.0856 e. The van der Waals surface area contributed by atoms with Crippen molar-refractivity contribution in [2.45, 2.75) is 41.5 Å². The van der Waals surface area contributed by atoms with Crippen molar-refractivity contribution >= 4 is 0 Å². The predicted octanol–water partition coefficient (Wildman–Crippen LogP) is 3.63. The predicted molar refractivity (Wildman–Crippen MR) is 45.6 cm³/mol. The Hall–Kier alpha value is -0.260. The standard InChI is InChI=1S/C8H16.CH4/c1-7(2)5-6-8(3)4;/h5,8H,6H2,1-4H3;1H4. The molecule has 9 heavy (non-hydrogen) atoms. The van der Waals surface area contributed by atoms with Crippen LogP contribution in [0, 0.1) is 5.92 Å². The third kappa shape index (κ3) is 11.4. The summed E-state index contributed by atoms with van der Waals surface area (Å²) >= 11 is 0. The zero-order chi connectivity index (χ0) is 6.57. The first kappa shape index (κ1) is 11.5. The van der Waals surface area contributed by atoms with Gasteiger partial charge >= 0.3 is 0 Å². The van der Waals surface area contributed by atoms with Crippen molar-refractivity contribution in [1.29, 1.82) is 0 Å². The average molecular weight is 128 g/mol. The lowest BCUT2D eigenvalue weighted by atomic mass is 10.1. The molecule has 0 heterocycles. The van der Waals surface area contributed by atoms with Gasteiger partial charge in [0, 0.05) is 0 Å². The fourth-order valence-corrected chi connectivity index (χ4v) is 0.471. The Bertz CT molecular complexity index is 74.0. The minimum Gasteiger partial charge on any atom is -0.0856 e. The molecule has 0 heteroatoms. The number of allylic oxidation sites excluding steroid dienone is 2. The summed E-state index contributed by atoms with van der Waals surface area (Å²) < 4.78 is 0. The second kappa shape index (κ2) is 5.87. The van der Waals surface area contributed by atoms with Crippen molar-refractivity contribution in [1.82, 2.24) is 0 Å². The lowest BCUT2D eigenvalue weighted by Crippen LogP contribution is -1.81. The Balaban J connectivity index is 0. The molecule has 0 aromatic rings. The molecule has 0 rings (SSSR count). The van der Waals surface area contributed by atoms with E-state index in [0.717, 1.165) is 5.92 Å². The molecule has 0 aliphatic rings. The van der Waals surface area contributed by atoms with Gasteiger partial charge in [-0.25, -0.2) is 0 Å². The van der Waals surface area contributed by atoms with Crippen LogP contribution in [0.4, 0.5) is 0 Å². The van der Waals surface area contributed by atoms with Gasteiger partial charge in [0.1, 0.15) is 0 Å². The van der Waals surface area contributed by atoms with Gasteiger partial charge in [0.25, 0.3) is 0 Å². The zero-order valence-electron chi connectivity index (χ0n) is 6.36. The van der Waals surface area contributed by atoms with E-state index < -0.39 is 0 Å². The van der Waals surface area contributed by atoms with Crippen LogP contribution >= 0.6 is 0 Å². The summed E-state index contributed by atoms with van der Waals surface area (Å²) in [4.78, 5) is 0. The average Bonchev–Trinajstić information content (AvgIpc) is 1.61. The van der Waals surface area contributed by atoms with E-state index in [9.17, 15) is 0 Å². The Morgan fingerprint density at radius 2 is 1.78 bits per heavy atom. The molecule has 0 saturated heterocycles. The maximum absolute atomic E-state index is 2.28. The van der Waals surface area contributed by atoms with Gasteiger partial charge in [-0.1, -0.05) is 32.9 Å². The van der Waals surface area contributed by atoms with Gasteiger partial charge in [-0.05, 0) is 26.2 Å². The van der Waals surface area contributed by atoms with E-state index in [2.05, 4.69) is 33.8 Å². The van der Waals surface area contributed by atoms with Gasteiger partial charge in [-0.15, -0.1) is 0 Å². The van der Waals surface area contributed by atoms with Crippen LogP contribution in [0.3, 0.4) is 0 Å². The van der Waals surface area contributed by atoms with Crippen LogP contribution in [0.15, 0.2) is 11.6 Å². The highest BCUT2D eigenvalue weighted by Crippen LogP contribution is 2.02. The minimum absolute atomic E-state index is 0. The summed E-state index contributed by atoms with van der Waals surface area (Å²) in [6.07, 6.45) is 3.51. The maximum atomic E-state index is 2.28. The van der Waals surface area contributed by atoms with E-state index in [-0.39, 0.29) is 7.43 Å². The molecule has 0 atom stereocenters. The molecule has 0 nitrogen and oxygen atoms in total. The number of rotatable bonds is 2. The van der Waals surface area contributed by atoms with Crippen LogP contribution in [-0.2, 0) is 0 Å². The quantitative estimate of drug-likeness (QED) is 0.498. The fourth-order valence-electron chi connectivity index (χ4n) is 0.471. The highest BCUT2D eigenvalue weighted by Gasteiger charge is 1.86. The molecule has 0 radical (unpaired) electrons. The van der Waals surface area contributed by atoms with E-state index in [0.29, 0.717) is 0 Å². The number of hydrogen-bond acceptors (Lipinski definition) is 0. The summed E-state index contributed by atoms with van der Waals surface area (Å²) in [6.45, 7) is 8.75. The molecule has 0 aliphatic carbocycles. The molecule has 0 spiro atoms. The molecule has 0 N–H and O–H groups in total.